The van der Waals surface area contributed by atoms with Crippen molar-refractivity contribution < 1.29 is 4.79 Å². The first kappa shape index (κ1) is 16.7. The molecule has 0 radical (unpaired) electrons. The van der Waals surface area contributed by atoms with E-state index in [2.05, 4.69) is 16.0 Å². The van der Waals surface area contributed by atoms with Crippen LogP contribution in [0.25, 0.3) is 0 Å². The number of benzene rings is 1. The summed E-state index contributed by atoms with van der Waals surface area (Å²) < 4.78 is 0. The molecule has 0 aliphatic rings. The Morgan fingerprint density at radius 3 is 2.55 bits per heavy atom. The van der Waals surface area contributed by atoms with Crippen LogP contribution in [0.2, 0.25) is 5.02 Å². The molecular weight excluding hydrogens is 294 g/mol. The summed E-state index contributed by atoms with van der Waals surface area (Å²) >= 11 is 11.2. The Labute approximate surface area is 130 Å². The highest BCUT2D eigenvalue weighted by molar-refractivity contribution is 7.80. The van der Waals surface area contributed by atoms with Crippen molar-refractivity contribution in [3.63, 3.8) is 0 Å². The van der Waals surface area contributed by atoms with Crippen molar-refractivity contribution in [1.82, 2.24) is 10.6 Å². The molecule has 0 aliphatic heterocycles. The first-order chi connectivity index (χ1) is 9.17. The highest BCUT2D eigenvalue weighted by Crippen LogP contribution is 2.19. The molecule has 6 heteroatoms. The molecule has 0 aliphatic carbocycles. The molecule has 0 fully saturated rings. The fourth-order valence-corrected chi connectivity index (χ4v) is 1.84. The number of aryl methyl sites for hydroxylation is 1. The number of rotatable bonds is 3. The molecule has 1 aromatic carbocycles. The van der Waals surface area contributed by atoms with E-state index in [0.29, 0.717) is 10.1 Å². The molecule has 1 aromatic rings. The summed E-state index contributed by atoms with van der Waals surface area (Å²) in [7, 11) is 0. The maximum Gasteiger partial charge on any atom is 0.239 e. The molecule has 0 spiro atoms. The second kappa shape index (κ2) is 6.90. The maximum atomic E-state index is 11.6. The lowest BCUT2D eigenvalue weighted by molar-refractivity contribution is -0.121. The molecule has 4 nitrogen and oxygen atoms in total. The van der Waals surface area contributed by atoms with Crippen molar-refractivity contribution in [3.05, 3.63) is 28.8 Å². The van der Waals surface area contributed by atoms with E-state index in [9.17, 15) is 4.79 Å². The summed E-state index contributed by atoms with van der Waals surface area (Å²) in [6.07, 6.45) is 0. The Morgan fingerprint density at radius 1 is 1.35 bits per heavy atom. The van der Waals surface area contributed by atoms with Gasteiger partial charge in [-0.2, -0.15) is 0 Å². The van der Waals surface area contributed by atoms with Crippen LogP contribution in [-0.4, -0.2) is 23.1 Å². The molecular formula is C14H20ClN3OS. The smallest absolute Gasteiger partial charge is 0.239 e. The Bertz CT molecular complexity index is 512. The van der Waals surface area contributed by atoms with Crippen LogP contribution in [0.3, 0.4) is 0 Å². The van der Waals surface area contributed by atoms with Gasteiger partial charge in [0.2, 0.25) is 5.91 Å². The van der Waals surface area contributed by atoms with Crippen LogP contribution in [0, 0.1) is 6.92 Å². The topological polar surface area (TPSA) is 53.2 Å². The number of halogens is 1. The number of thiocarbonyl (C=S) groups is 1. The van der Waals surface area contributed by atoms with Gasteiger partial charge in [-0.1, -0.05) is 17.7 Å². The van der Waals surface area contributed by atoms with Crippen LogP contribution in [0.4, 0.5) is 5.69 Å². The predicted octanol–water partition coefficient (Wildman–Crippen LogP) is 2.85. The first-order valence-electron chi connectivity index (χ1n) is 6.29. The molecule has 110 valence electrons. The van der Waals surface area contributed by atoms with Gasteiger partial charge in [0.15, 0.2) is 5.11 Å². The fourth-order valence-electron chi connectivity index (χ4n) is 1.47. The number of carbonyl (C=O) groups is 1. The molecule has 0 bridgehead atoms. The van der Waals surface area contributed by atoms with Crippen molar-refractivity contribution >= 4 is 40.5 Å². The minimum atomic E-state index is -0.252. The first-order valence-corrected chi connectivity index (χ1v) is 7.08. The van der Waals surface area contributed by atoms with Crippen LogP contribution in [0.1, 0.15) is 26.3 Å². The molecule has 0 saturated heterocycles. The Kier molecular flexibility index (Phi) is 5.77. The standard InChI is InChI=1S/C14H20ClN3OS/c1-9-5-6-10(7-11(9)15)17-13(20)16-8-12(19)18-14(2,3)4/h5-7H,8H2,1-4H3,(H,18,19)(H2,16,17,20). The molecule has 20 heavy (non-hydrogen) atoms. The van der Waals surface area contributed by atoms with E-state index in [1.807, 2.05) is 39.8 Å². The lowest BCUT2D eigenvalue weighted by Crippen LogP contribution is -2.46. The fraction of sp³-hybridized carbons (Fsp3) is 0.429. The molecule has 1 rings (SSSR count). The van der Waals surface area contributed by atoms with Gasteiger partial charge in [0.25, 0.3) is 0 Å². The van der Waals surface area contributed by atoms with Gasteiger partial charge in [-0.15, -0.1) is 0 Å². The van der Waals surface area contributed by atoms with Gasteiger partial charge in [0.1, 0.15) is 0 Å². The van der Waals surface area contributed by atoms with Crippen molar-refractivity contribution in [1.29, 1.82) is 0 Å². The molecule has 3 N–H and O–H groups in total. The van der Waals surface area contributed by atoms with E-state index in [1.165, 1.54) is 0 Å². The van der Waals surface area contributed by atoms with E-state index >= 15 is 0 Å². The molecule has 0 unspecified atom stereocenters. The predicted molar refractivity (Wildman–Crippen MR) is 88.3 cm³/mol. The van der Waals surface area contributed by atoms with E-state index < -0.39 is 0 Å². The summed E-state index contributed by atoms with van der Waals surface area (Å²) in [5.74, 6) is -0.108. The molecule has 0 heterocycles. The minimum absolute atomic E-state index is 0.108. The molecule has 0 saturated carbocycles. The van der Waals surface area contributed by atoms with E-state index in [4.69, 9.17) is 23.8 Å². The number of carbonyl (C=O) groups excluding carboxylic acids is 1. The summed E-state index contributed by atoms with van der Waals surface area (Å²) in [6, 6.07) is 5.57. The second-order valence-electron chi connectivity index (χ2n) is 5.57. The van der Waals surface area contributed by atoms with Gasteiger partial charge in [0.05, 0.1) is 6.54 Å². The lowest BCUT2D eigenvalue weighted by Gasteiger charge is -2.21. The summed E-state index contributed by atoms with van der Waals surface area (Å²) in [5.41, 5.74) is 1.54. The highest BCUT2D eigenvalue weighted by Gasteiger charge is 2.13. The SMILES string of the molecule is Cc1ccc(NC(=S)NCC(=O)NC(C)(C)C)cc1Cl. The van der Waals surface area contributed by atoms with Gasteiger partial charge in [-0.05, 0) is 57.6 Å². The Hall–Kier alpha value is -1.33. The number of hydrogen-bond donors (Lipinski definition) is 3. The Morgan fingerprint density at radius 2 is 2.00 bits per heavy atom. The second-order valence-corrected chi connectivity index (χ2v) is 6.39. The van der Waals surface area contributed by atoms with Gasteiger partial charge >= 0.3 is 0 Å². The molecule has 0 aromatic heterocycles. The average molecular weight is 314 g/mol. The maximum absolute atomic E-state index is 11.6. The quantitative estimate of drug-likeness (QED) is 0.751. The van der Waals surface area contributed by atoms with Crippen LogP contribution < -0.4 is 16.0 Å². The van der Waals surface area contributed by atoms with Crippen molar-refractivity contribution in [2.45, 2.75) is 33.2 Å². The lowest BCUT2D eigenvalue weighted by atomic mass is 10.1. The number of nitrogens with one attached hydrogen (secondary N) is 3. The number of anilines is 1. The third-order valence-electron chi connectivity index (χ3n) is 2.35. The largest absolute Gasteiger partial charge is 0.353 e. The van der Waals surface area contributed by atoms with Crippen LogP contribution in [0.15, 0.2) is 18.2 Å². The zero-order valence-corrected chi connectivity index (χ0v) is 13.7. The van der Waals surface area contributed by atoms with Crippen molar-refractivity contribution in [2.24, 2.45) is 0 Å². The molecule has 1 amide bonds. The van der Waals surface area contributed by atoms with Crippen molar-refractivity contribution in [3.8, 4) is 0 Å². The van der Waals surface area contributed by atoms with Crippen LogP contribution >= 0.6 is 23.8 Å². The minimum Gasteiger partial charge on any atom is -0.353 e. The Balaban J connectivity index is 2.44. The zero-order valence-electron chi connectivity index (χ0n) is 12.1. The monoisotopic (exact) mass is 313 g/mol. The number of hydrogen-bond acceptors (Lipinski definition) is 2. The summed E-state index contributed by atoms with van der Waals surface area (Å²) in [5, 5.41) is 9.73. The van der Waals surface area contributed by atoms with Crippen molar-refractivity contribution in [2.75, 3.05) is 11.9 Å². The average Bonchev–Trinajstić information content (AvgIpc) is 2.29. The van der Waals surface area contributed by atoms with E-state index in [0.717, 1.165) is 11.3 Å². The summed E-state index contributed by atoms with van der Waals surface area (Å²) in [4.78, 5) is 11.6. The third kappa shape index (κ3) is 6.21. The highest BCUT2D eigenvalue weighted by atomic mass is 35.5. The van der Waals surface area contributed by atoms with Gasteiger partial charge in [-0.25, -0.2) is 0 Å². The van der Waals surface area contributed by atoms with E-state index in [-0.39, 0.29) is 18.0 Å². The summed E-state index contributed by atoms with van der Waals surface area (Å²) in [6.45, 7) is 7.84. The van der Waals surface area contributed by atoms with Gasteiger partial charge < -0.3 is 16.0 Å². The van der Waals surface area contributed by atoms with Crippen LogP contribution in [0.5, 0.6) is 0 Å². The third-order valence-corrected chi connectivity index (χ3v) is 3.01. The van der Waals surface area contributed by atoms with Gasteiger partial charge in [0, 0.05) is 16.2 Å². The van der Waals surface area contributed by atoms with E-state index in [1.54, 1.807) is 6.07 Å². The van der Waals surface area contributed by atoms with Gasteiger partial charge in [-0.3, -0.25) is 4.79 Å². The number of amides is 1. The van der Waals surface area contributed by atoms with Crippen LogP contribution in [-0.2, 0) is 4.79 Å². The molecule has 0 atom stereocenters. The normalized spacial score (nSPS) is 10.8. The zero-order chi connectivity index (χ0) is 15.3.